The van der Waals surface area contributed by atoms with E-state index in [4.69, 9.17) is 9.47 Å². The van der Waals surface area contributed by atoms with Crippen LogP contribution in [-0.2, 0) is 4.74 Å². The van der Waals surface area contributed by atoms with Crippen LogP contribution in [0.5, 0.6) is 5.75 Å². The quantitative estimate of drug-likeness (QED) is 0.141. The molecule has 4 unspecified atom stereocenters. The Balaban J connectivity index is 1.17. The SMILES string of the molecule is CCCCCCCCC1CCC2C3CC=C4C[C@@H](OC(=O)Oc5cccc(C)c5)CC[C@]4(C)C3CC[C@]12C. The standard InChI is InChI=1S/C35H52O3/c1-5-6-7-8-9-10-13-26-16-18-31-30-17-15-27-24-29(38-33(36)37-28-14-11-12-25(2)23-28)19-21-35(27,4)32(30)20-22-34(26,31)3/h11-12,14-15,23,26,29-32H,5-10,13,16-22,24H2,1-4H3/t26?,29-,30?,31?,32?,34+,35-/m0/s1. The number of hydrogen-bond acceptors (Lipinski definition) is 3. The van der Waals surface area contributed by atoms with Crippen molar-refractivity contribution in [2.45, 2.75) is 130 Å². The topological polar surface area (TPSA) is 35.5 Å². The van der Waals surface area contributed by atoms with Crippen LogP contribution in [0.15, 0.2) is 35.9 Å². The molecule has 0 radical (unpaired) electrons. The Hall–Kier alpha value is -1.77. The molecular formula is C35H52O3. The zero-order chi connectivity index (χ0) is 26.8. The van der Waals surface area contributed by atoms with Crippen LogP contribution in [0.25, 0.3) is 0 Å². The average Bonchev–Trinajstić information content (AvgIpc) is 3.22. The maximum Gasteiger partial charge on any atom is 0.514 e. The summed E-state index contributed by atoms with van der Waals surface area (Å²) in [6.07, 6.45) is 21.8. The van der Waals surface area contributed by atoms with E-state index in [1.165, 1.54) is 77.0 Å². The molecular weight excluding hydrogens is 468 g/mol. The number of ether oxygens (including phenoxy) is 2. The van der Waals surface area contributed by atoms with Crippen molar-refractivity contribution in [3.8, 4) is 5.75 Å². The second-order valence-electron chi connectivity index (χ2n) is 13.8. The lowest BCUT2D eigenvalue weighted by atomic mass is 9.47. The van der Waals surface area contributed by atoms with Gasteiger partial charge in [0.2, 0.25) is 0 Å². The molecule has 1 aromatic carbocycles. The molecule has 3 fully saturated rings. The third-order valence-electron chi connectivity index (χ3n) is 11.6. The van der Waals surface area contributed by atoms with Crippen LogP contribution in [0, 0.1) is 41.4 Å². The Morgan fingerprint density at radius 2 is 1.79 bits per heavy atom. The highest BCUT2D eigenvalue weighted by molar-refractivity contribution is 5.64. The summed E-state index contributed by atoms with van der Waals surface area (Å²) in [7, 11) is 0. The zero-order valence-corrected chi connectivity index (χ0v) is 24.6. The van der Waals surface area contributed by atoms with Crippen LogP contribution in [0.3, 0.4) is 0 Å². The molecule has 3 saturated carbocycles. The van der Waals surface area contributed by atoms with Gasteiger partial charge in [-0.3, -0.25) is 0 Å². The van der Waals surface area contributed by atoms with Crippen LogP contribution in [0.1, 0.15) is 123 Å². The van der Waals surface area contributed by atoms with Gasteiger partial charge in [-0.15, -0.1) is 0 Å². The van der Waals surface area contributed by atoms with Gasteiger partial charge in [-0.05, 0) is 110 Å². The lowest BCUT2D eigenvalue weighted by molar-refractivity contribution is -0.0538. The minimum absolute atomic E-state index is 0.0646. The van der Waals surface area contributed by atoms with Crippen LogP contribution < -0.4 is 4.74 Å². The van der Waals surface area contributed by atoms with E-state index in [0.717, 1.165) is 48.5 Å². The monoisotopic (exact) mass is 520 g/mol. The molecule has 3 nitrogen and oxygen atoms in total. The molecule has 0 N–H and O–H groups in total. The van der Waals surface area contributed by atoms with Gasteiger partial charge < -0.3 is 9.47 Å². The molecule has 38 heavy (non-hydrogen) atoms. The van der Waals surface area contributed by atoms with Gasteiger partial charge >= 0.3 is 6.16 Å². The predicted molar refractivity (Wildman–Crippen MR) is 155 cm³/mol. The number of unbranched alkanes of at least 4 members (excludes halogenated alkanes) is 5. The van der Waals surface area contributed by atoms with Crippen LogP contribution >= 0.6 is 0 Å². The Bertz CT molecular complexity index is 997. The number of hydrogen-bond donors (Lipinski definition) is 0. The van der Waals surface area contributed by atoms with E-state index in [1.54, 1.807) is 5.57 Å². The van der Waals surface area contributed by atoms with E-state index < -0.39 is 6.16 Å². The second-order valence-corrected chi connectivity index (χ2v) is 13.8. The van der Waals surface area contributed by atoms with Gasteiger partial charge in [-0.2, -0.15) is 0 Å². The maximum absolute atomic E-state index is 12.5. The first-order valence-electron chi connectivity index (χ1n) is 16.0. The summed E-state index contributed by atoms with van der Waals surface area (Å²) in [5.74, 6) is 4.06. The molecule has 5 rings (SSSR count). The van der Waals surface area contributed by atoms with Crippen molar-refractivity contribution in [1.82, 2.24) is 0 Å². The first kappa shape index (κ1) is 27.8. The lowest BCUT2D eigenvalue weighted by Crippen LogP contribution is -2.50. The Labute approximate surface area is 232 Å². The third-order valence-corrected chi connectivity index (χ3v) is 11.6. The largest absolute Gasteiger partial charge is 0.514 e. The molecule has 1 aromatic rings. The molecule has 0 heterocycles. The summed E-state index contributed by atoms with van der Waals surface area (Å²) >= 11 is 0. The number of carbonyl (C=O) groups is 1. The van der Waals surface area contributed by atoms with Crippen molar-refractivity contribution in [1.29, 1.82) is 0 Å². The Morgan fingerprint density at radius 3 is 2.61 bits per heavy atom. The third kappa shape index (κ3) is 5.59. The Kier molecular flexibility index (Phi) is 8.60. The molecule has 0 bridgehead atoms. The van der Waals surface area contributed by atoms with Gasteiger partial charge in [-0.1, -0.05) is 83.1 Å². The molecule has 0 aliphatic heterocycles. The fourth-order valence-corrected chi connectivity index (χ4v) is 9.42. The molecule has 0 aromatic heterocycles. The van der Waals surface area contributed by atoms with Gasteiger partial charge in [0.25, 0.3) is 0 Å². The van der Waals surface area contributed by atoms with Gasteiger partial charge in [0, 0.05) is 6.42 Å². The zero-order valence-electron chi connectivity index (χ0n) is 24.6. The van der Waals surface area contributed by atoms with E-state index in [2.05, 4.69) is 26.8 Å². The average molecular weight is 521 g/mol. The molecule has 7 atom stereocenters. The van der Waals surface area contributed by atoms with Crippen molar-refractivity contribution in [2.24, 2.45) is 34.5 Å². The molecule has 0 spiro atoms. The molecule has 210 valence electrons. The van der Waals surface area contributed by atoms with Crippen LogP contribution in [0.2, 0.25) is 0 Å². The first-order chi connectivity index (χ1) is 18.3. The highest BCUT2D eigenvalue weighted by Gasteiger charge is 2.58. The number of fused-ring (bicyclic) bond motifs is 5. The molecule has 0 saturated heterocycles. The smallest absolute Gasteiger partial charge is 0.430 e. The highest BCUT2D eigenvalue weighted by Crippen LogP contribution is 2.66. The van der Waals surface area contributed by atoms with E-state index >= 15 is 0 Å². The van der Waals surface area contributed by atoms with Gasteiger partial charge in [0.1, 0.15) is 11.9 Å². The highest BCUT2D eigenvalue weighted by atomic mass is 16.7. The summed E-state index contributed by atoms with van der Waals surface area (Å²) in [5.41, 5.74) is 3.47. The fraction of sp³-hybridized carbons (Fsp3) is 0.743. The molecule has 4 aliphatic carbocycles. The summed E-state index contributed by atoms with van der Waals surface area (Å²) in [5, 5.41) is 0. The van der Waals surface area contributed by atoms with Crippen molar-refractivity contribution in [3.63, 3.8) is 0 Å². The lowest BCUT2D eigenvalue weighted by Gasteiger charge is -2.58. The number of allylic oxidation sites excluding steroid dienone is 1. The normalized spacial score (nSPS) is 36.0. The second kappa shape index (κ2) is 11.8. The van der Waals surface area contributed by atoms with Crippen LogP contribution in [-0.4, -0.2) is 12.3 Å². The Morgan fingerprint density at radius 1 is 0.974 bits per heavy atom. The number of benzene rings is 1. The van der Waals surface area contributed by atoms with Gasteiger partial charge in [0.15, 0.2) is 0 Å². The summed E-state index contributed by atoms with van der Waals surface area (Å²) in [4.78, 5) is 12.5. The summed E-state index contributed by atoms with van der Waals surface area (Å²) in [6.45, 7) is 9.53. The van der Waals surface area contributed by atoms with E-state index in [1.807, 2.05) is 31.2 Å². The summed E-state index contributed by atoms with van der Waals surface area (Å²) < 4.78 is 11.3. The van der Waals surface area contributed by atoms with Crippen molar-refractivity contribution < 1.29 is 14.3 Å². The van der Waals surface area contributed by atoms with Crippen LogP contribution in [0.4, 0.5) is 4.79 Å². The minimum Gasteiger partial charge on any atom is -0.430 e. The fourth-order valence-electron chi connectivity index (χ4n) is 9.42. The van der Waals surface area contributed by atoms with E-state index in [-0.39, 0.29) is 11.5 Å². The van der Waals surface area contributed by atoms with Gasteiger partial charge in [0.05, 0.1) is 0 Å². The number of rotatable bonds is 9. The van der Waals surface area contributed by atoms with E-state index in [0.29, 0.717) is 11.2 Å². The first-order valence-corrected chi connectivity index (χ1v) is 16.0. The number of aryl methyl sites for hydroxylation is 1. The molecule has 4 aliphatic rings. The van der Waals surface area contributed by atoms with Crippen molar-refractivity contribution >= 4 is 6.16 Å². The van der Waals surface area contributed by atoms with Crippen molar-refractivity contribution in [2.75, 3.05) is 0 Å². The maximum atomic E-state index is 12.5. The number of carbonyl (C=O) groups excluding carboxylic acids is 1. The molecule has 3 heteroatoms. The molecule has 0 amide bonds. The minimum atomic E-state index is -0.561. The summed E-state index contributed by atoms with van der Waals surface area (Å²) in [6, 6.07) is 7.59. The van der Waals surface area contributed by atoms with Gasteiger partial charge in [-0.25, -0.2) is 4.79 Å². The van der Waals surface area contributed by atoms with E-state index in [9.17, 15) is 4.79 Å². The predicted octanol–water partition coefficient (Wildman–Crippen LogP) is 10.2. The van der Waals surface area contributed by atoms with Crippen molar-refractivity contribution in [3.05, 3.63) is 41.5 Å².